The number of carbonyl (C=O) groups is 1. The number of hydrogen-bond acceptors (Lipinski definition) is 2. The van der Waals surface area contributed by atoms with Crippen molar-refractivity contribution in [1.82, 2.24) is 10.3 Å². The van der Waals surface area contributed by atoms with Gasteiger partial charge in [0.15, 0.2) is 0 Å². The van der Waals surface area contributed by atoms with E-state index >= 15 is 0 Å². The average molecular weight is 281 g/mol. The molecule has 2 aromatic rings. The van der Waals surface area contributed by atoms with E-state index in [2.05, 4.69) is 39.9 Å². The topological polar surface area (TPSA) is 54.0 Å². The molecular formula is C17H19N3O. The number of pyridine rings is 1. The number of fused-ring (bicyclic) bond motifs is 1. The molecule has 1 unspecified atom stereocenters. The molecule has 21 heavy (non-hydrogen) atoms. The summed E-state index contributed by atoms with van der Waals surface area (Å²) in [7, 11) is 0. The second-order valence-corrected chi connectivity index (χ2v) is 5.36. The molecule has 0 fully saturated rings. The summed E-state index contributed by atoms with van der Waals surface area (Å²) in [6.45, 7) is 0.670. The fourth-order valence-electron chi connectivity index (χ4n) is 2.89. The zero-order valence-electron chi connectivity index (χ0n) is 11.9. The molecule has 108 valence electrons. The van der Waals surface area contributed by atoms with Crippen molar-refractivity contribution in [3.05, 3.63) is 59.9 Å². The molecule has 0 saturated carbocycles. The maximum absolute atomic E-state index is 11.9. The van der Waals surface area contributed by atoms with Crippen LogP contribution in [0.15, 0.2) is 48.8 Å². The van der Waals surface area contributed by atoms with Crippen LogP contribution < -0.4 is 10.6 Å². The van der Waals surface area contributed by atoms with E-state index in [1.807, 2.05) is 6.07 Å². The molecule has 0 radical (unpaired) electrons. The lowest BCUT2D eigenvalue weighted by Crippen LogP contribution is -2.33. The highest BCUT2D eigenvalue weighted by atomic mass is 16.2. The lowest BCUT2D eigenvalue weighted by Gasteiger charge is -2.25. The monoisotopic (exact) mass is 281 g/mol. The third-order valence-corrected chi connectivity index (χ3v) is 3.92. The number of benzene rings is 1. The van der Waals surface area contributed by atoms with E-state index in [1.54, 1.807) is 18.5 Å². The van der Waals surface area contributed by atoms with Crippen molar-refractivity contribution in [2.75, 3.05) is 11.9 Å². The van der Waals surface area contributed by atoms with Gasteiger partial charge in [0, 0.05) is 18.7 Å². The number of aromatic nitrogens is 1. The first-order valence-electron chi connectivity index (χ1n) is 7.35. The summed E-state index contributed by atoms with van der Waals surface area (Å²) in [5.41, 5.74) is 3.51. The van der Waals surface area contributed by atoms with Gasteiger partial charge in [-0.25, -0.2) is 4.79 Å². The summed E-state index contributed by atoms with van der Waals surface area (Å²) in [5, 5.41) is 5.76. The quantitative estimate of drug-likeness (QED) is 0.906. The number of urea groups is 1. The van der Waals surface area contributed by atoms with Gasteiger partial charge in [0.1, 0.15) is 0 Å². The molecule has 1 aromatic carbocycles. The van der Waals surface area contributed by atoms with Crippen LogP contribution in [0, 0.1) is 0 Å². The van der Waals surface area contributed by atoms with Gasteiger partial charge in [-0.1, -0.05) is 24.3 Å². The molecule has 4 heteroatoms. The van der Waals surface area contributed by atoms with Gasteiger partial charge in [-0.3, -0.25) is 4.98 Å². The lowest BCUT2D eigenvalue weighted by atomic mass is 9.83. The zero-order valence-corrected chi connectivity index (χ0v) is 11.9. The molecule has 1 aliphatic carbocycles. The Kier molecular flexibility index (Phi) is 4.15. The number of aryl methyl sites for hydroxylation is 1. The van der Waals surface area contributed by atoms with E-state index in [-0.39, 0.29) is 6.03 Å². The summed E-state index contributed by atoms with van der Waals surface area (Å²) in [6.07, 6.45) is 6.78. The van der Waals surface area contributed by atoms with Gasteiger partial charge in [0.2, 0.25) is 0 Å². The molecule has 0 bridgehead atoms. The summed E-state index contributed by atoms with van der Waals surface area (Å²) < 4.78 is 0. The second-order valence-electron chi connectivity index (χ2n) is 5.36. The summed E-state index contributed by atoms with van der Waals surface area (Å²) in [4.78, 5) is 15.9. The normalized spacial score (nSPS) is 16.9. The van der Waals surface area contributed by atoms with Gasteiger partial charge < -0.3 is 10.6 Å². The van der Waals surface area contributed by atoms with Crippen LogP contribution in [0.3, 0.4) is 0 Å². The van der Waals surface area contributed by atoms with Crippen molar-refractivity contribution in [1.29, 1.82) is 0 Å². The number of amides is 2. The summed E-state index contributed by atoms with van der Waals surface area (Å²) in [6, 6.07) is 12.0. The Bertz CT molecular complexity index is 612. The van der Waals surface area contributed by atoms with Crippen LogP contribution in [0.1, 0.15) is 29.9 Å². The Morgan fingerprint density at radius 1 is 1.24 bits per heavy atom. The molecule has 3 rings (SSSR count). The van der Waals surface area contributed by atoms with Crippen molar-refractivity contribution in [3.8, 4) is 0 Å². The first-order chi connectivity index (χ1) is 10.3. The third kappa shape index (κ3) is 3.40. The minimum atomic E-state index is -0.175. The molecule has 1 heterocycles. The Morgan fingerprint density at radius 2 is 2.14 bits per heavy atom. The molecule has 4 nitrogen and oxygen atoms in total. The molecular weight excluding hydrogens is 262 g/mol. The van der Waals surface area contributed by atoms with Gasteiger partial charge in [-0.05, 0) is 42.5 Å². The molecule has 0 spiro atoms. The Balaban J connectivity index is 1.57. The molecule has 1 aliphatic rings. The van der Waals surface area contributed by atoms with Crippen molar-refractivity contribution in [3.63, 3.8) is 0 Å². The number of nitrogens with zero attached hydrogens (tertiary/aromatic N) is 1. The highest BCUT2D eigenvalue weighted by Gasteiger charge is 2.20. The zero-order chi connectivity index (χ0) is 14.5. The molecule has 1 atom stereocenters. The van der Waals surface area contributed by atoms with E-state index in [9.17, 15) is 4.79 Å². The van der Waals surface area contributed by atoms with Gasteiger partial charge in [-0.15, -0.1) is 0 Å². The summed E-state index contributed by atoms with van der Waals surface area (Å²) in [5.74, 6) is 0.412. The van der Waals surface area contributed by atoms with Crippen LogP contribution in [0.5, 0.6) is 0 Å². The van der Waals surface area contributed by atoms with E-state index in [0.717, 1.165) is 12.8 Å². The van der Waals surface area contributed by atoms with Crippen molar-refractivity contribution in [2.45, 2.75) is 25.2 Å². The van der Waals surface area contributed by atoms with Gasteiger partial charge in [0.05, 0.1) is 11.9 Å². The van der Waals surface area contributed by atoms with Crippen molar-refractivity contribution >= 4 is 11.7 Å². The largest absolute Gasteiger partial charge is 0.337 e. The number of nitrogens with one attached hydrogen (secondary N) is 2. The maximum atomic E-state index is 11.9. The van der Waals surface area contributed by atoms with Crippen LogP contribution in [0.4, 0.5) is 10.5 Å². The number of carbonyl (C=O) groups excluding carboxylic acids is 1. The predicted molar refractivity (Wildman–Crippen MR) is 83.4 cm³/mol. The molecule has 2 amide bonds. The molecule has 1 aromatic heterocycles. The maximum Gasteiger partial charge on any atom is 0.319 e. The summed E-state index contributed by atoms with van der Waals surface area (Å²) >= 11 is 0. The van der Waals surface area contributed by atoms with Crippen LogP contribution in [0.2, 0.25) is 0 Å². The smallest absolute Gasteiger partial charge is 0.319 e. The molecule has 2 N–H and O–H groups in total. The standard InChI is InChI=1S/C17H19N3O/c21-17(20-15-8-4-10-18-12-15)19-11-14-7-3-6-13-5-1-2-9-16(13)14/h1-2,4-5,8-10,12,14H,3,6-7,11H2,(H2,19,20,21). The van der Waals surface area contributed by atoms with Crippen molar-refractivity contribution < 1.29 is 4.79 Å². The lowest BCUT2D eigenvalue weighted by molar-refractivity contribution is 0.251. The second kappa shape index (κ2) is 6.39. The van der Waals surface area contributed by atoms with Crippen LogP contribution in [-0.2, 0) is 6.42 Å². The molecule has 0 aliphatic heterocycles. The SMILES string of the molecule is O=C(NCC1CCCc2ccccc21)Nc1cccnc1. The highest BCUT2D eigenvalue weighted by Crippen LogP contribution is 2.30. The van der Waals surface area contributed by atoms with Crippen LogP contribution in [-0.4, -0.2) is 17.6 Å². The minimum Gasteiger partial charge on any atom is -0.337 e. The van der Waals surface area contributed by atoms with Crippen LogP contribution >= 0.6 is 0 Å². The van der Waals surface area contributed by atoms with Crippen LogP contribution in [0.25, 0.3) is 0 Å². The van der Waals surface area contributed by atoms with E-state index in [4.69, 9.17) is 0 Å². The average Bonchev–Trinajstić information content (AvgIpc) is 2.54. The Morgan fingerprint density at radius 3 is 3.00 bits per heavy atom. The first-order valence-corrected chi connectivity index (χ1v) is 7.35. The van der Waals surface area contributed by atoms with E-state index < -0.39 is 0 Å². The Labute approximate surface area is 124 Å². The first kappa shape index (κ1) is 13.6. The highest BCUT2D eigenvalue weighted by molar-refractivity contribution is 5.88. The fraction of sp³-hybridized carbons (Fsp3) is 0.294. The fourth-order valence-corrected chi connectivity index (χ4v) is 2.89. The predicted octanol–water partition coefficient (Wildman–Crippen LogP) is 3.32. The van der Waals surface area contributed by atoms with E-state index in [1.165, 1.54) is 17.5 Å². The third-order valence-electron chi connectivity index (χ3n) is 3.92. The minimum absolute atomic E-state index is 0.175. The van der Waals surface area contributed by atoms with Gasteiger partial charge in [-0.2, -0.15) is 0 Å². The number of rotatable bonds is 3. The van der Waals surface area contributed by atoms with Gasteiger partial charge >= 0.3 is 6.03 Å². The van der Waals surface area contributed by atoms with Crippen molar-refractivity contribution in [2.24, 2.45) is 0 Å². The number of anilines is 1. The molecule has 0 saturated heterocycles. The van der Waals surface area contributed by atoms with Gasteiger partial charge in [0.25, 0.3) is 0 Å². The van der Waals surface area contributed by atoms with E-state index in [0.29, 0.717) is 18.2 Å². The Hall–Kier alpha value is -2.36. The number of hydrogen-bond donors (Lipinski definition) is 2.